The first-order valence-electron chi connectivity index (χ1n) is 4.14. The van der Waals surface area contributed by atoms with Gasteiger partial charge >= 0.3 is 0 Å². The van der Waals surface area contributed by atoms with E-state index in [0.29, 0.717) is 6.04 Å². The van der Waals surface area contributed by atoms with E-state index in [1.54, 1.807) is 11.8 Å². The van der Waals surface area contributed by atoms with E-state index in [0.717, 1.165) is 11.7 Å². The number of methoxy groups -OCH3 is 1. The lowest BCUT2D eigenvalue weighted by atomic mass is 10.5. The molecule has 1 aliphatic carbocycles. The zero-order valence-electron chi connectivity index (χ0n) is 7.37. The number of hydrogen-bond donors (Lipinski definition) is 1. The van der Waals surface area contributed by atoms with Crippen molar-refractivity contribution >= 4 is 5.82 Å². The molecule has 0 aromatic carbocycles. The highest BCUT2D eigenvalue weighted by atomic mass is 16.5. The Morgan fingerprint density at radius 2 is 2.42 bits per heavy atom. The van der Waals surface area contributed by atoms with Crippen molar-refractivity contribution in [3.8, 4) is 5.88 Å². The molecule has 4 heteroatoms. The standard InChI is InChI=1S/C8H13N3O/c1-11-8(12-2)5-7(10-11)9-6-3-4-6/h5-6H,3-4H2,1-2H3,(H,9,10). The molecule has 0 radical (unpaired) electrons. The molecular weight excluding hydrogens is 154 g/mol. The van der Waals surface area contributed by atoms with E-state index in [2.05, 4.69) is 10.4 Å². The van der Waals surface area contributed by atoms with Crippen LogP contribution in [0.5, 0.6) is 5.88 Å². The molecule has 0 atom stereocenters. The molecule has 0 spiro atoms. The molecule has 0 bridgehead atoms. The highest BCUT2D eigenvalue weighted by Gasteiger charge is 2.22. The van der Waals surface area contributed by atoms with Gasteiger partial charge in [-0.3, -0.25) is 0 Å². The molecular formula is C8H13N3O. The number of ether oxygens (including phenoxy) is 1. The van der Waals surface area contributed by atoms with Crippen molar-refractivity contribution in [2.24, 2.45) is 7.05 Å². The van der Waals surface area contributed by atoms with E-state index < -0.39 is 0 Å². The van der Waals surface area contributed by atoms with Crippen LogP contribution in [0.3, 0.4) is 0 Å². The van der Waals surface area contributed by atoms with Crippen LogP contribution in [0, 0.1) is 0 Å². The van der Waals surface area contributed by atoms with E-state index in [4.69, 9.17) is 4.74 Å². The Bertz CT molecular complexity index is 278. The van der Waals surface area contributed by atoms with E-state index in [9.17, 15) is 0 Å². The van der Waals surface area contributed by atoms with E-state index >= 15 is 0 Å². The first kappa shape index (κ1) is 7.46. The highest BCUT2D eigenvalue weighted by molar-refractivity contribution is 5.40. The Kier molecular flexibility index (Phi) is 1.67. The van der Waals surface area contributed by atoms with Gasteiger partial charge in [-0.1, -0.05) is 0 Å². The third kappa shape index (κ3) is 1.37. The Morgan fingerprint density at radius 3 is 2.92 bits per heavy atom. The van der Waals surface area contributed by atoms with Gasteiger partial charge in [0.25, 0.3) is 0 Å². The fourth-order valence-electron chi connectivity index (χ4n) is 1.15. The molecule has 1 aromatic rings. The summed E-state index contributed by atoms with van der Waals surface area (Å²) in [5, 5.41) is 7.54. The van der Waals surface area contributed by atoms with Crippen molar-refractivity contribution in [2.45, 2.75) is 18.9 Å². The summed E-state index contributed by atoms with van der Waals surface area (Å²) >= 11 is 0. The second-order valence-corrected chi connectivity index (χ2v) is 3.11. The minimum atomic E-state index is 0.643. The number of aromatic nitrogens is 2. The largest absolute Gasteiger partial charge is 0.481 e. The quantitative estimate of drug-likeness (QED) is 0.730. The number of anilines is 1. The topological polar surface area (TPSA) is 39.1 Å². The van der Waals surface area contributed by atoms with Crippen LogP contribution in [-0.2, 0) is 7.05 Å². The minimum Gasteiger partial charge on any atom is -0.481 e. The fraction of sp³-hybridized carbons (Fsp3) is 0.625. The lowest BCUT2D eigenvalue weighted by Crippen LogP contribution is -2.01. The van der Waals surface area contributed by atoms with Gasteiger partial charge in [-0.05, 0) is 12.8 Å². The van der Waals surface area contributed by atoms with E-state index in [-0.39, 0.29) is 0 Å². The molecule has 1 aromatic heterocycles. The van der Waals surface area contributed by atoms with Gasteiger partial charge in [-0.2, -0.15) is 5.10 Å². The van der Waals surface area contributed by atoms with Crippen molar-refractivity contribution in [3.63, 3.8) is 0 Å². The number of nitrogens with one attached hydrogen (secondary N) is 1. The van der Waals surface area contributed by atoms with Crippen LogP contribution in [0.1, 0.15) is 12.8 Å². The molecule has 2 rings (SSSR count). The summed E-state index contributed by atoms with van der Waals surface area (Å²) in [6, 6.07) is 2.56. The Hall–Kier alpha value is -1.19. The van der Waals surface area contributed by atoms with Crippen molar-refractivity contribution in [1.82, 2.24) is 9.78 Å². The maximum absolute atomic E-state index is 5.09. The van der Waals surface area contributed by atoms with Gasteiger partial charge in [-0.25, -0.2) is 4.68 Å². The average molecular weight is 167 g/mol. The molecule has 1 heterocycles. The molecule has 1 fully saturated rings. The Labute approximate surface area is 71.5 Å². The normalized spacial score (nSPS) is 16.2. The van der Waals surface area contributed by atoms with Crippen molar-refractivity contribution < 1.29 is 4.74 Å². The van der Waals surface area contributed by atoms with Crippen molar-refractivity contribution in [2.75, 3.05) is 12.4 Å². The number of aryl methyl sites for hydroxylation is 1. The minimum absolute atomic E-state index is 0.643. The first-order valence-corrected chi connectivity index (χ1v) is 4.14. The number of rotatable bonds is 3. The molecule has 0 unspecified atom stereocenters. The third-order valence-electron chi connectivity index (χ3n) is 1.98. The van der Waals surface area contributed by atoms with Gasteiger partial charge in [0.2, 0.25) is 5.88 Å². The highest BCUT2D eigenvalue weighted by Crippen LogP contribution is 2.25. The molecule has 66 valence electrons. The van der Waals surface area contributed by atoms with Crippen LogP contribution in [0.25, 0.3) is 0 Å². The van der Waals surface area contributed by atoms with Gasteiger partial charge in [0.15, 0.2) is 5.82 Å². The zero-order chi connectivity index (χ0) is 8.55. The first-order chi connectivity index (χ1) is 5.79. The van der Waals surface area contributed by atoms with Gasteiger partial charge in [-0.15, -0.1) is 0 Å². The Morgan fingerprint density at radius 1 is 1.67 bits per heavy atom. The maximum Gasteiger partial charge on any atom is 0.213 e. The summed E-state index contributed by atoms with van der Waals surface area (Å²) in [7, 11) is 3.52. The van der Waals surface area contributed by atoms with Crippen LogP contribution in [-0.4, -0.2) is 22.9 Å². The Balaban J connectivity index is 2.10. The lowest BCUT2D eigenvalue weighted by molar-refractivity contribution is 0.373. The molecule has 4 nitrogen and oxygen atoms in total. The predicted octanol–water partition coefficient (Wildman–Crippen LogP) is 1.00. The third-order valence-corrected chi connectivity index (χ3v) is 1.98. The number of hydrogen-bond acceptors (Lipinski definition) is 3. The van der Waals surface area contributed by atoms with Gasteiger partial charge in [0, 0.05) is 19.2 Å². The summed E-state index contributed by atoms with van der Waals surface area (Å²) in [4.78, 5) is 0. The monoisotopic (exact) mass is 167 g/mol. The summed E-state index contributed by atoms with van der Waals surface area (Å²) in [6.07, 6.45) is 2.53. The maximum atomic E-state index is 5.09. The van der Waals surface area contributed by atoms with Crippen LogP contribution >= 0.6 is 0 Å². The number of nitrogens with zero attached hydrogens (tertiary/aromatic N) is 2. The zero-order valence-corrected chi connectivity index (χ0v) is 7.37. The van der Waals surface area contributed by atoms with Gasteiger partial charge < -0.3 is 10.1 Å². The molecule has 0 aliphatic heterocycles. The summed E-state index contributed by atoms with van der Waals surface area (Å²) < 4.78 is 6.81. The summed E-state index contributed by atoms with van der Waals surface area (Å²) in [5.41, 5.74) is 0. The van der Waals surface area contributed by atoms with Crippen LogP contribution in [0.2, 0.25) is 0 Å². The van der Waals surface area contributed by atoms with Crippen LogP contribution in [0.15, 0.2) is 6.07 Å². The summed E-state index contributed by atoms with van der Waals surface area (Å²) in [5.74, 6) is 1.70. The van der Waals surface area contributed by atoms with Crippen molar-refractivity contribution in [1.29, 1.82) is 0 Å². The second-order valence-electron chi connectivity index (χ2n) is 3.11. The summed E-state index contributed by atoms with van der Waals surface area (Å²) in [6.45, 7) is 0. The molecule has 1 N–H and O–H groups in total. The SMILES string of the molecule is COc1cc(NC2CC2)nn1C. The lowest BCUT2D eigenvalue weighted by Gasteiger charge is -1.95. The second kappa shape index (κ2) is 2.69. The van der Waals surface area contributed by atoms with E-state index in [1.807, 2.05) is 13.1 Å². The van der Waals surface area contributed by atoms with Gasteiger partial charge in [0.05, 0.1) is 7.11 Å². The fourth-order valence-corrected chi connectivity index (χ4v) is 1.15. The predicted molar refractivity (Wildman–Crippen MR) is 46.4 cm³/mol. The smallest absolute Gasteiger partial charge is 0.213 e. The van der Waals surface area contributed by atoms with Crippen LogP contribution in [0.4, 0.5) is 5.82 Å². The molecule has 12 heavy (non-hydrogen) atoms. The molecule has 1 saturated carbocycles. The van der Waals surface area contributed by atoms with E-state index in [1.165, 1.54) is 12.8 Å². The molecule has 1 aliphatic rings. The molecule has 0 saturated heterocycles. The van der Waals surface area contributed by atoms with Crippen molar-refractivity contribution in [3.05, 3.63) is 6.07 Å². The van der Waals surface area contributed by atoms with Gasteiger partial charge in [0.1, 0.15) is 0 Å². The average Bonchev–Trinajstić information content (AvgIpc) is 2.76. The van der Waals surface area contributed by atoms with Crippen LogP contribution < -0.4 is 10.1 Å². The molecule has 0 amide bonds.